The minimum atomic E-state index is -2.68. The Morgan fingerprint density at radius 1 is 0.957 bits per heavy atom. The summed E-state index contributed by atoms with van der Waals surface area (Å²) in [6.07, 6.45) is -0.650. The summed E-state index contributed by atoms with van der Waals surface area (Å²) in [5.41, 5.74) is 0. The van der Waals surface area contributed by atoms with Gasteiger partial charge in [0.05, 0.1) is 0 Å². The predicted molar refractivity (Wildman–Crippen MR) is 99.0 cm³/mol. The molecule has 0 spiro atoms. The highest BCUT2D eigenvalue weighted by molar-refractivity contribution is 6.99. The molecule has 0 saturated heterocycles. The number of benzene rings is 2. The molecule has 23 heavy (non-hydrogen) atoms. The van der Waals surface area contributed by atoms with Gasteiger partial charge in [-0.1, -0.05) is 81.4 Å². The van der Waals surface area contributed by atoms with Crippen molar-refractivity contribution in [2.75, 3.05) is 0 Å². The molecule has 0 bridgehead atoms. The monoisotopic (exact) mass is 346 g/mol. The molecule has 122 valence electrons. The summed E-state index contributed by atoms with van der Waals surface area (Å²) < 4.78 is 6.49. The van der Waals surface area contributed by atoms with E-state index in [0.717, 1.165) is 10.4 Å². The van der Waals surface area contributed by atoms with E-state index in [1.165, 1.54) is 0 Å². The van der Waals surface area contributed by atoms with Crippen molar-refractivity contribution < 1.29 is 9.22 Å². The van der Waals surface area contributed by atoms with Crippen LogP contribution in [0.25, 0.3) is 0 Å². The molecule has 0 heterocycles. The van der Waals surface area contributed by atoms with Crippen molar-refractivity contribution in [1.82, 2.24) is 0 Å². The molecule has 0 saturated carbocycles. The highest BCUT2D eigenvalue weighted by atomic mass is 35.5. The van der Waals surface area contributed by atoms with Gasteiger partial charge >= 0.3 is 0 Å². The zero-order chi connectivity index (χ0) is 17.1. The van der Waals surface area contributed by atoms with Crippen LogP contribution in [0.3, 0.4) is 0 Å². The molecular weight excluding hydrogens is 324 g/mol. The highest BCUT2D eigenvalue weighted by Crippen LogP contribution is 2.37. The molecule has 0 fully saturated rings. The molecule has 2 rings (SSSR count). The fraction of sp³-hybridized carbons (Fsp3) is 0.316. The average molecular weight is 347 g/mol. The number of carbonyl (C=O) groups is 1. The molecule has 2 nitrogen and oxygen atoms in total. The molecule has 0 aliphatic carbocycles. The standard InChI is InChI=1S/C19H23ClO2Si/c1-15(18(20)21)22-23(19(2,3)4,16-11-7-5-8-12-16)17-13-9-6-10-14-17/h5-15H,1-4H3/t15-/m0/s1. The number of hydrogen-bond donors (Lipinski definition) is 0. The van der Waals surface area contributed by atoms with Gasteiger partial charge in [-0.2, -0.15) is 0 Å². The number of hydrogen-bond acceptors (Lipinski definition) is 2. The minimum Gasteiger partial charge on any atom is -0.396 e. The van der Waals surface area contributed by atoms with E-state index in [9.17, 15) is 4.79 Å². The lowest BCUT2D eigenvalue weighted by atomic mass is 10.2. The zero-order valence-electron chi connectivity index (χ0n) is 14.0. The molecule has 0 N–H and O–H groups in total. The topological polar surface area (TPSA) is 26.3 Å². The Hall–Kier alpha value is -1.42. The Balaban J connectivity index is 2.72. The first-order valence-corrected chi connectivity index (χ1v) is 10.1. The van der Waals surface area contributed by atoms with E-state index in [0.29, 0.717) is 0 Å². The van der Waals surface area contributed by atoms with Crippen LogP contribution in [-0.2, 0) is 9.22 Å². The molecule has 0 aliphatic rings. The van der Waals surface area contributed by atoms with Crippen molar-refractivity contribution >= 4 is 35.5 Å². The van der Waals surface area contributed by atoms with Crippen LogP contribution >= 0.6 is 11.6 Å². The molecule has 0 unspecified atom stereocenters. The second-order valence-corrected chi connectivity index (χ2v) is 11.4. The molecule has 0 aromatic heterocycles. The lowest BCUT2D eigenvalue weighted by molar-refractivity contribution is -0.117. The van der Waals surface area contributed by atoms with Crippen LogP contribution in [0.15, 0.2) is 60.7 Å². The van der Waals surface area contributed by atoms with Crippen molar-refractivity contribution in [3.8, 4) is 0 Å². The summed E-state index contributed by atoms with van der Waals surface area (Å²) in [5.74, 6) is 0. The minimum absolute atomic E-state index is 0.156. The summed E-state index contributed by atoms with van der Waals surface area (Å²) in [6, 6.07) is 20.4. The molecule has 4 heteroatoms. The molecule has 0 amide bonds. The first kappa shape index (κ1) is 17.9. The van der Waals surface area contributed by atoms with Crippen LogP contribution in [-0.4, -0.2) is 19.7 Å². The van der Waals surface area contributed by atoms with Gasteiger partial charge in [-0.25, -0.2) is 0 Å². The van der Waals surface area contributed by atoms with Gasteiger partial charge in [0.15, 0.2) is 0 Å². The Kier molecular flexibility index (Phi) is 5.45. The van der Waals surface area contributed by atoms with Crippen LogP contribution in [0.4, 0.5) is 0 Å². The maximum absolute atomic E-state index is 11.7. The molecule has 1 atom stereocenters. The van der Waals surface area contributed by atoms with Gasteiger partial charge in [-0.05, 0) is 33.9 Å². The van der Waals surface area contributed by atoms with Crippen LogP contribution in [0.2, 0.25) is 5.04 Å². The highest BCUT2D eigenvalue weighted by Gasteiger charge is 2.51. The fourth-order valence-corrected chi connectivity index (χ4v) is 7.77. The lowest BCUT2D eigenvalue weighted by Crippen LogP contribution is -2.67. The SMILES string of the molecule is C[C@H](O[Si](c1ccccc1)(c1ccccc1)C(C)(C)C)C(=O)Cl. The second-order valence-electron chi connectivity index (χ2n) is 6.73. The molecule has 2 aromatic rings. The largest absolute Gasteiger partial charge is 0.396 e. The lowest BCUT2D eigenvalue weighted by Gasteiger charge is -2.44. The van der Waals surface area contributed by atoms with Crippen molar-refractivity contribution in [3.05, 3.63) is 60.7 Å². The van der Waals surface area contributed by atoms with Crippen molar-refractivity contribution in [1.29, 1.82) is 0 Å². The van der Waals surface area contributed by atoms with E-state index in [2.05, 4.69) is 45.0 Å². The van der Waals surface area contributed by atoms with E-state index in [1.807, 2.05) is 36.4 Å². The first-order valence-electron chi connectivity index (χ1n) is 7.77. The smallest absolute Gasteiger partial charge is 0.262 e. The van der Waals surface area contributed by atoms with Gasteiger partial charge in [-0.3, -0.25) is 4.79 Å². The van der Waals surface area contributed by atoms with E-state index in [1.54, 1.807) is 6.92 Å². The normalized spacial score (nSPS) is 13.6. The van der Waals surface area contributed by atoms with Gasteiger partial charge in [0.2, 0.25) is 5.24 Å². The summed E-state index contributed by atoms with van der Waals surface area (Å²) in [4.78, 5) is 11.7. The van der Waals surface area contributed by atoms with E-state index in [-0.39, 0.29) is 5.04 Å². The van der Waals surface area contributed by atoms with Gasteiger partial charge in [0.1, 0.15) is 6.10 Å². The number of rotatable bonds is 5. The Bertz CT molecular complexity index is 611. The summed E-state index contributed by atoms with van der Waals surface area (Å²) in [5, 5.41) is 1.67. The zero-order valence-corrected chi connectivity index (χ0v) is 15.8. The third-order valence-corrected chi connectivity index (χ3v) is 9.51. The quantitative estimate of drug-likeness (QED) is 0.609. The Morgan fingerprint density at radius 3 is 1.65 bits per heavy atom. The number of halogens is 1. The van der Waals surface area contributed by atoms with Gasteiger partial charge in [0.25, 0.3) is 8.32 Å². The Morgan fingerprint density at radius 2 is 1.35 bits per heavy atom. The third-order valence-electron chi connectivity index (χ3n) is 4.09. The third kappa shape index (κ3) is 3.57. The van der Waals surface area contributed by atoms with Gasteiger partial charge in [0, 0.05) is 0 Å². The molecule has 2 aromatic carbocycles. The first-order chi connectivity index (χ1) is 10.8. The fourth-order valence-electron chi connectivity index (χ4n) is 3.00. The summed E-state index contributed by atoms with van der Waals surface area (Å²) in [6.45, 7) is 8.24. The molecule has 0 aliphatic heterocycles. The summed E-state index contributed by atoms with van der Waals surface area (Å²) >= 11 is 5.72. The van der Waals surface area contributed by atoms with Crippen LogP contribution in [0, 0.1) is 0 Å². The van der Waals surface area contributed by atoms with Crippen molar-refractivity contribution in [3.63, 3.8) is 0 Å². The van der Waals surface area contributed by atoms with E-state index in [4.69, 9.17) is 16.0 Å². The van der Waals surface area contributed by atoms with E-state index < -0.39 is 19.7 Å². The van der Waals surface area contributed by atoms with Crippen LogP contribution in [0.1, 0.15) is 27.7 Å². The van der Waals surface area contributed by atoms with Gasteiger partial charge in [-0.15, -0.1) is 0 Å². The molecular formula is C19H23ClO2Si. The Labute approximate surface area is 144 Å². The predicted octanol–water partition coefficient (Wildman–Crippen LogP) is 3.72. The average Bonchev–Trinajstić information content (AvgIpc) is 2.52. The van der Waals surface area contributed by atoms with Crippen LogP contribution in [0.5, 0.6) is 0 Å². The second kappa shape index (κ2) is 6.99. The maximum atomic E-state index is 11.7. The maximum Gasteiger partial charge on any atom is 0.262 e. The van der Waals surface area contributed by atoms with E-state index >= 15 is 0 Å². The van der Waals surface area contributed by atoms with Crippen molar-refractivity contribution in [2.45, 2.75) is 38.8 Å². The molecule has 0 radical (unpaired) electrons. The van der Waals surface area contributed by atoms with Crippen LogP contribution < -0.4 is 10.4 Å². The van der Waals surface area contributed by atoms with Crippen molar-refractivity contribution in [2.24, 2.45) is 0 Å². The summed E-state index contributed by atoms with van der Waals surface area (Å²) in [7, 11) is -2.68. The van der Waals surface area contributed by atoms with Gasteiger partial charge < -0.3 is 4.43 Å². The number of carbonyl (C=O) groups excluding carboxylic acids is 1.